The van der Waals surface area contributed by atoms with Crippen molar-refractivity contribution in [1.82, 2.24) is 0 Å². The first kappa shape index (κ1) is 11.5. The predicted molar refractivity (Wildman–Crippen MR) is 71.2 cm³/mol. The summed E-state index contributed by atoms with van der Waals surface area (Å²) in [7, 11) is 0. The Morgan fingerprint density at radius 2 is 1.95 bits per heavy atom. The molecule has 94 valence electrons. The number of aromatic carboxylic acids is 1. The molecule has 1 aliphatic heterocycles. The summed E-state index contributed by atoms with van der Waals surface area (Å²) in [6.45, 7) is 0. The van der Waals surface area contributed by atoms with Crippen LogP contribution in [0.1, 0.15) is 15.9 Å². The van der Waals surface area contributed by atoms with Crippen molar-refractivity contribution in [3.05, 3.63) is 53.6 Å². The van der Waals surface area contributed by atoms with Crippen molar-refractivity contribution in [2.75, 3.05) is 5.32 Å². The van der Waals surface area contributed by atoms with Gasteiger partial charge in [-0.1, -0.05) is 24.3 Å². The van der Waals surface area contributed by atoms with Gasteiger partial charge in [0.1, 0.15) is 0 Å². The number of carbonyl (C=O) groups is 2. The lowest BCUT2D eigenvalue weighted by Gasteiger charge is -2.08. The molecule has 0 unspecified atom stereocenters. The number of carboxylic acid groups (broad SMARTS) is 1. The summed E-state index contributed by atoms with van der Waals surface area (Å²) >= 11 is 0. The number of fused-ring (bicyclic) bond motifs is 1. The molecule has 1 heterocycles. The second kappa shape index (κ2) is 4.24. The standard InChI is InChI=1S/C15H11NO3/c17-14-8-12-11(5-2-6-13(12)16-14)9-3-1-4-10(7-9)15(18)19/h1-7H,8H2,(H,16,17)(H,18,19). The molecule has 0 saturated carbocycles. The zero-order valence-corrected chi connectivity index (χ0v) is 10.0. The van der Waals surface area contributed by atoms with E-state index in [1.54, 1.807) is 18.2 Å². The lowest BCUT2D eigenvalue weighted by atomic mass is 9.96. The molecule has 0 spiro atoms. The minimum Gasteiger partial charge on any atom is -0.478 e. The molecule has 2 aromatic rings. The lowest BCUT2D eigenvalue weighted by molar-refractivity contribution is -0.115. The van der Waals surface area contributed by atoms with E-state index in [1.807, 2.05) is 24.3 Å². The topological polar surface area (TPSA) is 66.4 Å². The third kappa shape index (κ3) is 1.97. The van der Waals surface area contributed by atoms with Crippen LogP contribution in [-0.4, -0.2) is 17.0 Å². The normalized spacial score (nSPS) is 12.9. The van der Waals surface area contributed by atoms with Crippen LogP contribution in [0.2, 0.25) is 0 Å². The smallest absolute Gasteiger partial charge is 0.335 e. The second-order valence-electron chi connectivity index (χ2n) is 4.44. The first-order valence-electron chi connectivity index (χ1n) is 5.90. The zero-order chi connectivity index (χ0) is 13.4. The number of rotatable bonds is 2. The number of hydrogen-bond acceptors (Lipinski definition) is 2. The Morgan fingerprint density at radius 1 is 1.16 bits per heavy atom. The van der Waals surface area contributed by atoms with E-state index in [9.17, 15) is 9.59 Å². The lowest BCUT2D eigenvalue weighted by Crippen LogP contribution is -2.03. The zero-order valence-electron chi connectivity index (χ0n) is 10.0. The van der Waals surface area contributed by atoms with E-state index >= 15 is 0 Å². The average Bonchev–Trinajstić information content (AvgIpc) is 2.78. The van der Waals surface area contributed by atoms with E-state index in [4.69, 9.17) is 5.11 Å². The van der Waals surface area contributed by atoms with Gasteiger partial charge in [-0.15, -0.1) is 0 Å². The molecular formula is C15H11NO3. The molecule has 2 aromatic carbocycles. The molecule has 0 saturated heterocycles. The molecule has 3 rings (SSSR count). The highest BCUT2D eigenvalue weighted by atomic mass is 16.4. The van der Waals surface area contributed by atoms with Crippen molar-refractivity contribution in [2.45, 2.75) is 6.42 Å². The SMILES string of the molecule is O=C1Cc2c(cccc2-c2cccc(C(=O)O)c2)N1. The first-order valence-corrected chi connectivity index (χ1v) is 5.90. The number of benzene rings is 2. The van der Waals surface area contributed by atoms with Gasteiger partial charge in [-0.05, 0) is 34.9 Å². The maximum Gasteiger partial charge on any atom is 0.335 e. The quantitative estimate of drug-likeness (QED) is 0.864. The fraction of sp³-hybridized carbons (Fsp3) is 0.0667. The summed E-state index contributed by atoms with van der Waals surface area (Å²) in [4.78, 5) is 22.5. The van der Waals surface area contributed by atoms with Gasteiger partial charge >= 0.3 is 5.97 Å². The summed E-state index contributed by atoms with van der Waals surface area (Å²) in [5.74, 6) is -0.986. The molecule has 4 heteroatoms. The van der Waals surface area contributed by atoms with E-state index in [-0.39, 0.29) is 11.5 Å². The highest BCUT2D eigenvalue weighted by Gasteiger charge is 2.21. The largest absolute Gasteiger partial charge is 0.478 e. The number of hydrogen-bond donors (Lipinski definition) is 2. The van der Waals surface area contributed by atoms with Gasteiger partial charge in [0.05, 0.1) is 12.0 Å². The van der Waals surface area contributed by atoms with Crippen LogP contribution in [0.15, 0.2) is 42.5 Å². The fourth-order valence-electron chi connectivity index (χ4n) is 2.34. The predicted octanol–water partition coefficient (Wildman–Crippen LogP) is 2.55. The van der Waals surface area contributed by atoms with Gasteiger partial charge in [-0.2, -0.15) is 0 Å². The molecular weight excluding hydrogens is 242 g/mol. The minimum atomic E-state index is -0.955. The molecule has 4 nitrogen and oxygen atoms in total. The van der Waals surface area contributed by atoms with Gasteiger partial charge < -0.3 is 10.4 Å². The Kier molecular flexibility index (Phi) is 2.56. The Bertz CT molecular complexity index is 692. The van der Waals surface area contributed by atoms with Crippen LogP contribution in [0.25, 0.3) is 11.1 Å². The summed E-state index contributed by atoms with van der Waals surface area (Å²) in [6, 6.07) is 12.4. The molecule has 0 fully saturated rings. The number of anilines is 1. The average molecular weight is 253 g/mol. The highest BCUT2D eigenvalue weighted by Crippen LogP contribution is 2.33. The Hall–Kier alpha value is -2.62. The number of carboxylic acids is 1. The van der Waals surface area contributed by atoms with Gasteiger partial charge in [-0.3, -0.25) is 4.79 Å². The number of nitrogens with one attached hydrogen (secondary N) is 1. The van der Waals surface area contributed by atoms with E-state index < -0.39 is 5.97 Å². The molecule has 0 atom stereocenters. The molecule has 0 radical (unpaired) electrons. The van der Waals surface area contributed by atoms with Crippen molar-refractivity contribution in [3.8, 4) is 11.1 Å². The van der Waals surface area contributed by atoms with Crippen molar-refractivity contribution in [3.63, 3.8) is 0 Å². The van der Waals surface area contributed by atoms with E-state index in [0.29, 0.717) is 6.42 Å². The molecule has 0 bridgehead atoms. The summed E-state index contributed by atoms with van der Waals surface area (Å²) in [6.07, 6.45) is 0.336. The van der Waals surface area contributed by atoms with E-state index in [0.717, 1.165) is 22.4 Å². The Morgan fingerprint density at radius 3 is 2.74 bits per heavy atom. The maximum absolute atomic E-state index is 11.5. The van der Waals surface area contributed by atoms with Gasteiger partial charge in [0.25, 0.3) is 0 Å². The molecule has 1 aliphatic rings. The molecule has 1 amide bonds. The minimum absolute atomic E-state index is 0.0307. The molecule has 0 aromatic heterocycles. The third-order valence-electron chi connectivity index (χ3n) is 3.21. The monoisotopic (exact) mass is 253 g/mol. The summed E-state index contributed by atoms with van der Waals surface area (Å²) < 4.78 is 0. The van der Waals surface area contributed by atoms with Crippen molar-refractivity contribution >= 4 is 17.6 Å². The van der Waals surface area contributed by atoms with Gasteiger partial charge in [0, 0.05) is 5.69 Å². The number of carbonyl (C=O) groups excluding carboxylic acids is 1. The van der Waals surface area contributed by atoms with E-state index in [2.05, 4.69) is 5.32 Å². The van der Waals surface area contributed by atoms with E-state index in [1.165, 1.54) is 0 Å². The molecule has 0 aliphatic carbocycles. The van der Waals surface area contributed by atoms with Crippen LogP contribution in [0.4, 0.5) is 5.69 Å². The van der Waals surface area contributed by atoms with Crippen molar-refractivity contribution in [2.24, 2.45) is 0 Å². The van der Waals surface area contributed by atoms with Crippen LogP contribution >= 0.6 is 0 Å². The molecule has 19 heavy (non-hydrogen) atoms. The second-order valence-corrected chi connectivity index (χ2v) is 4.44. The third-order valence-corrected chi connectivity index (χ3v) is 3.21. The van der Waals surface area contributed by atoms with Crippen LogP contribution < -0.4 is 5.32 Å². The highest BCUT2D eigenvalue weighted by molar-refractivity contribution is 6.02. The van der Waals surface area contributed by atoms with Gasteiger partial charge in [0.2, 0.25) is 5.91 Å². The first-order chi connectivity index (χ1) is 9.15. The van der Waals surface area contributed by atoms with Crippen molar-refractivity contribution < 1.29 is 14.7 Å². The Balaban J connectivity index is 2.14. The van der Waals surface area contributed by atoms with Crippen LogP contribution in [0.5, 0.6) is 0 Å². The molecule has 2 N–H and O–H groups in total. The van der Waals surface area contributed by atoms with Gasteiger partial charge in [0.15, 0.2) is 0 Å². The van der Waals surface area contributed by atoms with Crippen LogP contribution in [0, 0.1) is 0 Å². The fourth-order valence-corrected chi connectivity index (χ4v) is 2.34. The number of amides is 1. The van der Waals surface area contributed by atoms with Crippen molar-refractivity contribution in [1.29, 1.82) is 0 Å². The summed E-state index contributed by atoms with van der Waals surface area (Å²) in [5.41, 5.74) is 3.69. The summed E-state index contributed by atoms with van der Waals surface area (Å²) in [5, 5.41) is 11.8. The Labute approximate surface area is 109 Å². The maximum atomic E-state index is 11.5. The van der Waals surface area contributed by atoms with Crippen LogP contribution in [0.3, 0.4) is 0 Å². The van der Waals surface area contributed by atoms with Crippen LogP contribution in [-0.2, 0) is 11.2 Å². The van der Waals surface area contributed by atoms with Gasteiger partial charge in [-0.25, -0.2) is 4.79 Å².